The Morgan fingerprint density at radius 3 is 2.65 bits per heavy atom. The summed E-state index contributed by atoms with van der Waals surface area (Å²) < 4.78 is 38.5. The van der Waals surface area contributed by atoms with E-state index in [1.165, 1.54) is 18.6 Å². The highest BCUT2D eigenvalue weighted by Crippen LogP contribution is 2.34. The molecule has 0 aliphatic heterocycles. The summed E-state index contributed by atoms with van der Waals surface area (Å²) in [6.07, 6.45) is -1.07. The molecule has 1 aromatic carbocycles. The van der Waals surface area contributed by atoms with Gasteiger partial charge in [0.15, 0.2) is 0 Å². The molecule has 1 aliphatic rings. The zero-order valence-corrected chi connectivity index (χ0v) is 11.3. The van der Waals surface area contributed by atoms with E-state index in [4.69, 9.17) is 5.26 Å². The van der Waals surface area contributed by atoms with Crippen LogP contribution in [0.4, 0.5) is 18.9 Å². The molecule has 0 radical (unpaired) electrons. The minimum atomic E-state index is -4.50. The molecule has 0 heterocycles. The number of hydrogen-bond acceptors (Lipinski definition) is 2. The number of hydrogen-bond donors (Lipinski definition) is 1. The number of benzene rings is 1. The van der Waals surface area contributed by atoms with Gasteiger partial charge in [0.05, 0.1) is 17.2 Å². The fourth-order valence-corrected chi connectivity index (χ4v) is 2.76. The molecule has 2 unspecified atom stereocenters. The summed E-state index contributed by atoms with van der Waals surface area (Å²) in [4.78, 5) is 0. The Morgan fingerprint density at radius 1 is 1.35 bits per heavy atom. The summed E-state index contributed by atoms with van der Waals surface area (Å²) in [7, 11) is 0. The van der Waals surface area contributed by atoms with Gasteiger partial charge in [0.2, 0.25) is 0 Å². The van der Waals surface area contributed by atoms with E-state index in [2.05, 4.69) is 12.2 Å². The summed E-state index contributed by atoms with van der Waals surface area (Å²) in [5.41, 5.74) is -0.779. The average Bonchev–Trinajstić information content (AvgIpc) is 2.81. The first-order valence-corrected chi connectivity index (χ1v) is 6.75. The second-order valence-electron chi connectivity index (χ2n) is 5.54. The van der Waals surface area contributed by atoms with Crippen molar-refractivity contribution in [1.29, 1.82) is 5.26 Å². The van der Waals surface area contributed by atoms with Crippen molar-refractivity contribution in [2.45, 2.75) is 32.4 Å². The zero-order valence-electron chi connectivity index (χ0n) is 11.3. The molecule has 0 saturated heterocycles. The maximum atomic E-state index is 12.8. The largest absolute Gasteiger partial charge is 0.417 e. The van der Waals surface area contributed by atoms with Crippen LogP contribution >= 0.6 is 0 Å². The van der Waals surface area contributed by atoms with Gasteiger partial charge in [0.25, 0.3) is 0 Å². The second-order valence-corrected chi connectivity index (χ2v) is 5.54. The van der Waals surface area contributed by atoms with Crippen LogP contribution in [-0.4, -0.2) is 6.54 Å². The summed E-state index contributed by atoms with van der Waals surface area (Å²) in [5, 5.41) is 11.8. The minimum Gasteiger partial charge on any atom is -0.385 e. The molecule has 0 bridgehead atoms. The van der Waals surface area contributed by atoms with Gasteiger partial charge in [0.1, 0.15) is 0 Å². The maximum absolute atomic E-state index is 12.8. The van der Waals surface area contributed by atoms with E-state index in [0.29, 0.717) is 24.1 Å². The highest BCUT2D eigenvalue weighted by atomic mass is 19.4. The summed E-state index contributed by atoms with van der Waals surface area (Å²) in [6.45, 7) is 2.89. The van der Waals surface area contributed by atoms with Gasteiger partial charge in [0, 0.05) is 12.2 Å². The van der Waals surface area contributed by atoms with Crippen molar-refractivity contribution >= 4 is 5.69 Å². The molecule has 2 atom stereocenters. The van der Waals surface area contributed by atoms with Crippen LogP contribution in [0.15, 0.2) is 18.2 Å². The number of halogens is 3. The SMILES string of the molecule is CC1CCC(CNc2ccc(C#N)c(C(F)(F)F)c2)C1. The monoisotopic (exact) mass is 282 g/mol. The Labute approximate surface area is 116 Å². The number of alkyl halides is 3. The lowest BCUT2D eigenvalue weighted by atomic mass is 10.0. The normalized spacial score (nSPS) is 22.6. The van der Waals surface area contributed by atoms with Gasteiger partial charge in [-0.05, 0) is 42.9 Å². The van der Waals surface area contributed by atoms with Crippen molar-refractivity contribution in [3.63, 3.8) is 0 Å². The van der Waals surface area contributed by atoms with Gasteiger partial charge in [-0.2, -0.15) is 18.4 Å². The molecular weight excluding hydrogens is 265 g/mol. The van der Waals surface area contributed by atoms with Crippen molar-refractivity contribution in [2.75, 3.05) is 11.9 Å². The van der Waals surface area contributed by atoms with E-state index in [9.17, 15) is 13.2 Å². The maximum Gasteiger partial charge on any atom is 0.417 e. The third-order valence-electron chi connectivity index (χ3n) is 3.84. The molecule has 20 heavy (non-hydrogen) atoms. The average molecular weight is 282 g/mol. The van der Waals surface area contributed by atoms with Crippen LogP contribution in [0.1, 0.15) is 37.3 Å². The molecule has 0 amide bonds. The Kier molecular flexibility index (Phi) is 4.22. The quantitative estimate of drug-likeness (QED) is 0.890. The van der Waals surface area contributed by atoms with Crippen molar-refractivity contribution in [2.24, 2.45) is 11.8 Å². The molecule has 1 fully saturated rings. The molecule has 1 aromatic rings. The van der Waals surface area contributed by atoms with Gasteiger partial charge in [-0.3, -0.25) is 0 Å². The molecule has 2 nitrogen and oxygen atoms in total. The smallest absolute Gasteiger partial charge is 0.385 e. The summed E-state index contributed by atoms with van der Waals surface area (Å²) in [5.74, 6) is 1.23. The molecule has 5 heteroatoms. The number of rotatable bonds is 3. The molecule has 1 aliphatic carbocycles. The van der Waals surface area contributed by atoms with E-state index in [0.717, 1.165) is 18.9 Å². The lowest BCUT2D eigenvalue weighted by molar-refractivity contribution is -0.137. The Balaban J connectivity index is 2.08. The first kappa shape index (κ1) is 14.7. The zero-order chi connectivity index (χ0) is 14.8. The van der Waals surface area contributed by atoms with E-state index in [-0.39, 0.29) is 5.56 Å². The fourth-order valence-electron chi connectivity index (χ4n) is 2.76. The van der Waals surface area contributed by atoms with Gasteiger partial charge >= 0.3 is 6.18 Å². The van der Waals surface area contributed by atoms with Crippen LogP contribution < -0.4 is 5.32 Å². The number of nitrogens with one attached hydrogen (secondary N) is 1. The molecule has 0 spiro atoms. The topological polar surface area (TPSA) is 35.8 Å². The number of nitrogens with zero attached hydrogens (tertiary/aromatic N) is 1. The van der Waals surface area contributed by atoms with Gasteiger partial charge < -0.3 is 5.32 Å². The lowest BCUT2D eigenvalue weighted by Crippen LogP contribution is -2.13. The van der Waals surface area contributed by atoms with Crippen LogP contribution in [0.5, 0.6) is 0 Å². The van der Waals surface area contributed by atoms with E-state index < -0.39 is 11.7 Å². The Morgan fingerprint density at radius 2 is 2.10 bits per heavy atom. The van der Waals surface area contributed by atoms with Crippen molar-refractivity contribution in [3.8, 4) is 6.07 Å². The molecule has 0 aromatic heterocycles. The predicted octanol–water partition coefficient (Wildman–Crippen LogP) is 4.43. The molecular formula is C15H17F3N2. The van der Waals surface area contributed by atoms with Crippen LogP contribution in [0.3, 0.4) is 0 Å². The highest BCUT2D eigenvalue weighted by molar-refractivity contribution is 5.53. The third kappa shape index (κ3) is 3.44. The van der Waals surface area contributed by atoms with E-state index in [1.807, 2.05) is 0 Å². The molecule has 108 valence electrons. The summed E-state index contributed by atoms with van der Waals surface area (Å²) >= 11 is 0. The van der Waals surface area contributed by atoms with Crippen molar-refractivity contribution in [1.82, 2.24) is 0 Å². The first-order chi connectivity index (χ1) is 9.40. The fraction of sp³-hybridized carbons (Fsp3) is 0.533. The standard InChI is InChI=1S/C15H17F3N2/c1-10-2-3-11(6-10)9-20-13-5-4-12(8-19)14(7-13)15(16,17)18/h4-5,7,10-11,20H,2-3,6,9H2,1H3. The number of anilines is 1. The van der Waals surface area contributed by atoms with Gasteiger partial charge in [-0.25, -0.2) is 0 Å². The van der Waals surface area contributed by atoms with Gasteiger partial charge in [-0.15, -0.1) is 0 Å². The van der Waals surface area contributed by atoms with Crippen LogP contribution in [0, 0.1) is 23.2 Å². The second kappa shape index (κ2) is 5.74. The molecule has 1 saturated carbocycles. The predicted molar refractivity (Wildman–Crippen MR) is 71.2 cm³/mol. The van der Waals surface area contributed by atoms with Gasteiger partial charge in [-0.1, -0.05) is 13.3 Å². The van der Waals surface area contributed by atoms with Crippen LogP contribution in [0.2, 0.25) is 0 Å². The Hall–Kier alpha value is -1.70. The van der Waals surface area contributed by atoms with E-state index >= 15 is 0 Å². The van der Waals surface area contributed by atoms with E-state index in [1.54, 1.807) is 6.07 Å². The third-order valence-corrected chi connectivity index (χ3v) is 3.84. The lowest BCUT2D eigenvalue weighted by Gasteiger charge is -2.15. The Bertz CT molecular complexity index is 517. The first-order valence-electron chi connectivity index (χ1n) is 6.75. The molecule has 1 N–H and O–H groups in total. The highest BCUT2D eigenvalue weighted by Gasteiger charge is 2.33. The minimum absolute atomic E-state index is 0.336. The molecule has 2 rings (SSSR count). The number of nitriles is 1. The summed E-state index contributed by atoms with van der Waals surface area (Å²) in [6, 6.07) is 5.37. The van der Waals surface area contributed by atoms with Crippen molar-refractivity contribution in [3.05, 3.63) is 29.3 Å². The van der Waals surface area contributed by atoms with Crippen LogP contribution in [-0.2, 0) is 6.18 Å². The van der Waals surface area contributed by atoms with Crippen molar-refractivity contribution < 1.29 is 13.2 Å². The van der Waals surface area contributed by atoms with Crippen LogP contribution in [0.25, 0.3) is 0 Å².